The zero-order valence-electron chi connectivity index (χ0n) is 18.8. The highest BCUT2D eigenvalue weighted by Crippen LogP contribution is 2.65. The van der Waals surface area contributed by atoms with E-state index in [0.29, 0.717) is 13.0 Å². The molecule has 0 aliphatic carbocycles. The van der Waals surface area contributed by atoms with Crippen LogP contribution in [0.15, 0.2) is 24.3 Å². The Balaban J connectivity index is 1.92. The first-order valence-electron chi connectivity index (χ1n) is 10.9. The quantitative estimate of drug-likeness (QED) is 0.512. The molecule has 6 atom stereocenters. The van der Waals surface area contributed by atoms with E-state index in [0.717, 1.165) is 0 Å². The first-order valence-corrected chi connectivity index (χ1v) is 11.8. The number of aliphatic hydroxyl groups is 1. The van der Waals surface area contributed by atoms with E-state index in [1.54, 1.807) is 11.8 Å². The van der Waals surface area contributed by atoms with Gasteiger partial charge < -0.3 is 19.6 Å². The smallest absolute Gasteiger partial charge is 0.311 e. The number of hydrogen-bond donors (Lipinski definition) is 1. The Bertz CT molecular complexity index is 865. The first kappa shape index (κ1) is 22.4. The predicted octanol–water partition coefficient (Wildman–Crippen LogP) is 1.75. The number of amides is 2. The molecule has 4 rings (SSSR count). The topological polar surface area (TPSA) is 87.2 Å². The van der Waals surface area contributed by atoms with E-state index in [2.05, 4.69) is 0 Å². The van der Waals surface area contributed by atoms with Crippen molar-refractivity contribution >= 4 is 29.5 Å². The number of ether oxygens (including phenoxy) is 1. The highest BCUT2D eigenvalue weighted by molar-refractivity contribution is 8.02. The van der Waals surface area contributed by atoms with E-state index in [-0.39, 0.29) is 31.0 Å². The Morgan fingerprint density at radius 2 is 1.90 bits per heavy atom. The SMILES string of the molecule is C[C@H](CO)N1C(=O)[C@@H]2[C@H]3C(=O)OCCC=C[C@@]3(C)S[C@@]23C=CCN(C(C)(C)C)C(=O)C13. The molecule has 2 saturated heterocycles. The van der Waals surface area contributed by atoms with Crippen molar-refractivity contribution in [2.45, 2.75) is 68.2 Å². The maximum atomic E-state index is 14.0. The molecule has 0 radical (unpaired) electrons. The van der Waals surface area contributed by atoms with Crippen molar-refractivity contribution in [1.82, 2.24) is 9.80 Å². The minimum absolute atomic E-state index is 0.142. The fourth-order valence-electron chi connectivity index (χ4n) is 5.59. The van der Waals surface area contributed by atoms with Crippen LogP contribution >= 0.6 is 11.8 Å². The van der Waals surface area contributed by atoms with E-state index >= 15 is 0 Å². The number of hydrogen-bond acceptors (Lipinski definition) is 6. The van der Waals surface area contributed by atoms with Crippen molar-refractivity contribution < 1.29 is 24.2 Å². The first-order chi connectivity index (χ1) is 14.5. The molecule has 0 aromatic rings. The summed E-state index contributed by atoms with van der Waals surface area (Å²) >= 11 is 1.52. The number of rotatable bonds is 2. The van der Waals surface area contributed by atoms with Crippen molar-refractivity contribution in [1.29, 1.82) is 0 Å². The molecule has 2 fully saturated rings. The molecule has 8 heteroatoms. The summed E-state index contributed by atoms with van der Waals surface area (Å²) in [6, 6.07) is -1.33. The summed E-state index contributed by atoms with van der Waals surface area (Å²) in [7, 11) is 0. The minimum atomic E-state index is -0.898. The van der Waals surface area contributed by atoms with E-state index in [1.807, 2.05) is 52.0 Å². The highest BCUT2D eigenvalue weighted by atomic mass is 32.2. The molecule has 1 unspecified atom stereocenters. The molecule has 2 amide bonds. The predicted molar refractivity (Wildman–Crippen MR) is 118 cm³/mol. The number of carbonyl (C=O) groups is 3. The summed E-state index contributed by atoms with van der Waals surface area (Å²) in [6.07, 6.45) is 8.59. The summed E-state index contributed by atoms with van der Waals surface area (Å²) in [5, 5.41) is 9.92. The van der Waals surface area contributed by atoms with E-state index < -0.39 is 39.0 Å². The lowest BCUT2D eigenvalue weighted by molar-refractivity contribution is -0.154. The Kier molecular flexibility index (Phi) is 5.33. The average Bonchev–Trinajstić information content (AvgIpc) is 3.00. The number of carbonyl (C=O) groups excluding carboxylic acids is 3. The molecule has 0 saturated carbocycles. The normalized spacial score (nSPS) is 38.8. The van der Waals surface area contributed by atoms with E-state index in [4.69, 9.17) is 4.74 Å². The van der Waals surface area contributed by atoms with Gasteiger partial charge in [0.25, 0.3) is 0 Å². The maximum Gasteiger partial charge on any atom is 0.311 e. The molecular weight excluding hydrogens is 416 g/mol. The van der Waals surface area contributed by atoms with Crippen LogP contribution in [0.3, 0.4) is 0 Å². The van der Waals surface area contributed by atoms with Crippen LogP contribution < -0.4 is 0 Å². The number of cyclic esters (lactones) is 1. The molecule has 4 aliphatic rings. The summed E-state index contributed by atoms with van der Waals surface area (Å²) < 4.78 is 3.95. The van der Waals surface area contributed by atoms with Gasteiger partial charge >= 0.3 is 5.97 Å². The number of aliphatic hydroxyl groups excluding tert-OH is 1. The Labute approximate surface area is 187 Å². The summed E-state index contributed by atoms with van der Waals surface area (Å²) in [5.41, 5.74) is -0.435. The molecule has 1 N–H and O–H groups in total. The number of likely N-dealkylation sites (tertiary alicyclic amines) is 1. The molecule has 0 aromatic carbocycles. The van der Waals surface area contributed by atoms with Gasteiger partial charge in [0.1, 0.15) is 6.04 Å². The van der Waals surface area contributed by atoms with Crippen LogP contribution in [0, 0.1) is 11.8 Å². The zero-order valence-corrected chi connectivity index (χ0v) is 19.6. The van der Waals surface area contributed by atoms with Gasteiger partial charge in [-0.3, -0.25) is 14.4 Å². The van der Waals surface area contributed by atoms with Crippen molar-refractivity contribution in [3.05, 3.63) is 24.3 Å². The van der Waals surface area contributed by atoms with Gasteiger partial charge in [-0.1, -0.05) is 24.3 Å². The van der Waals surface area contributed by atoms with Crippen LogP contribution in [0.5, 0.6) is 0 Å². The number of fused-ring (bicyclic) bond motifs is 2. The fourth-order valence-corrected chi connectivity index (χ4v) is 7.73. The molecule has 31 heavy (non-hydrogen) atoms. The largest absolute Gasteiger partial charge is 0.465 e. The van der Waals surface area contributed by atoms with Crippen LogP contribution in [-0.4, -0.2) is 79.6 Å². The van der Waals surface area contributed by atoms with Gasteiger partial charge in [-0.15, -0.1) is 11.8 Å². The van der Waals surface area contributed by atoms with Gasteiger partial charge in [-0.2, -0.15) is 0 Å². The van der Waals surface area contributed by atoms with Crippen LogP contribution in [0.4, 0.5) is 0 Å². The van der Waals surface area contributed by atoms with E-state index in [1.165, 1.54) is 16.7 Å². The fraction of sp³-hybridized carbons (Fsp3) is 0.696. The van der Waals surface area contributed by atoms with Gasteiger partial charge in [0.2, 0.25) is 11.8 Å². The highest BCUT2D eigenvalue weighted by Gasteiger charge is 2.74. The molecule has 0 aromatic heterocycles. The van der Waals surface area contributed by atoms with Crippen LogP contribution in [0.2, 0.25) is 0 Å². The van der Waals surface area contributed by atoms with Gasteiger partial charge in [0.15, 0.2) is 0 Å². The Morgan fingerprint density at radius 1 is 1.19 bits per heavy atom. The van der Waals surface area contributed by atoms with Gasteiger partial charge in [-0.05, 0) is 41.0 Å². The van der Waals surface area contributed by atoms with Gasteiger partial charge in [-0.25, -0.2) is 0 Å². The third kappa shape index (κ3) is 3.17. The lowest BCUT2D eigenvalue weighted by atomic mass is 9.74. The average molecular weight is 449 g/mol. The standard InChI is InChI=1S/C23H32N2O5S/c1-14(13-26)25-17-19(28)24(21(2,3)4)11-8-10-23(17)15(18(25)27)16-20(29)30-12-7-6-9-22(16,5)31-23/h6,8-10,14-17,26H,7,11-13H2,1-5H3/t14-,15+,16+,17?,22-,23+/m1/s1. The monoisotopic (exact) mass is 448 g/mol. The second kappa shape index (κ2) is 7.37. The zero-order chi connectivity index (χ0) is 22.8. The lowest BCUT2D eigenvalue weighted by Gasteiger charge is -2.42. The third-order valence-corrected chi connectivity index (χ3v) is 8.80. The molecule has 1 spiro atoms. The molecule has 4 aliphatic heterocycles. The van der Waals surface area contributed by atoms with Crippen LogP contribution in [0.1, 0.15) is 41.0 Å². The summed E-state index contributed by atoms with van der Waals surface area (Å²) in [6.45, 7) is 10.1. The Hall–Kier alpha value is -1.80. The maximum absolute atomic E-state index is 14.0. The van der Waals surface area contributed by atoms with E-state index in [9.17, 15) is 19.5 Å². The Morgan fingerprint density at radius 3 is 2.55 bits per heavy atom. The number of esters is 1. The van der Waals surface area contributed by atoms with Gasteiger partial charge in [0.05, 0.1) is 35.8 Å². The summed E-state index contributed by atoms with van der Waals surface area (Å²) in [5.74, 6) is -2.20. The van der Waals surface area contributed by atoms with Crippen LogP contribution in [-0.2, 0) is 19.1 Å². The van der Waals surface area contributed by atoms with Crippen molar-refractivity contribution in [2.75, 3.05) is 19.8 Å². The minimum Gasteiger partial charge on any atom is -0.465 e. The van der Waals surface area contributed by atoms with Crippen LogP contribution in [0.25, 0.3) is 0 Å². The van der Waals surface area contributed by atoms with Crippen molar-refractivity contribution in [2.24, 2.45) is 11.8 Å². The molecular formula is C23H32N2O5S. The number of nitrogens with zero attached hydrogens (tertiary/aromatic N) is 2. The third-order valence-electron chi connectivity index (χ3n) is 7.01. The van der Waals surface area contributed by atoms with Crippen molar-refractivity contribution in [3.8, 4) is 0 Å². The number of thioether (sulfide) groups is 1. The second-order valence-corrected chi connectivity index (χ2v) is 11.9. The molecule has 0 bridgehead atoms. The van der Waals surface area contributed by atoms with Crippen molar-refractivity contribution in [3.63, 3.8) is 0 Å². The van der Waals surface area contributed by atoms with Gasteiger partial charge in [0, 0.05) is 16.8 Å². The molecule has 7 nitrogen and oxygen atoms in total. The second-order valence-electron chi connectivity index (χ2n) is 10.2. The lowest BCUT2D eigenvalue weighted by Crippen LogP contribution is -2.59. The summed E-state index contributed by atoms with van der Waals surface area (Å²) in [4.78, 5) is 44.3. The molecule has 4 heterocycles. The molecule has 170 valence electrons.